The van der Waals surface area contributed by atoms with Crippen molar-refractivity contribution in [1.29, 1.82) is 0 Å². The second-order valence-corrected chi connectivity index (χ2v) is 5.64. The number of rotatable bonds is 4. The number of carbonyl (C=O) groups is 2. The van der Waals surface area contributed by atoms with E-state index in [2.05, 4.69) is 26.6 Å². The lowest BCUT2D eigenvalue weighted by Crippen LogP contribution is -2.44. The summed E-state index contributed by atoms with van der Waals surface area (Å²) in [6, 6.07) is 3.58. The molecular formula is C12H12BrClN2O3. The molecule has 1 aliphatic rings. The van der Waals surface area contributed by atoms with E-state index in [-0.39, 0.29) is 5.92 Å². The number of halogens is 2. The average Bonchev–Trinajstić information content (AvgIpc) is 3.14. The van der Waals surface area contributed by atoms with Crippen molar-refractivity contribution in [2.45, 2.75) is 18.9 Å². The summed E-state index contributed by atoms with van der Waals surface area (Å²) in [6.45, 7) is 0. The maximum absolute atomic E-state index is 11.7. The highest BCUT2D eigenvalue weighted by molar-refractivity contribution is 9.10. The normalized spacial score (nSPS) is 15.7. The molecular weight excluding hydrogens is 336 g/mol. The number of carbonyl (C=O) groups excluding carboxylic acids is 1. The first-order chi connectivity index (χ1) is 8.97. The molecule has 3 N–H and O–H groups in total. The van der Waals surface area contributed by atoms with Crippen LogP contribution in [0.5, 0.6) is 0 Å². The first-order valence-corrected chi connectivity index (χ1v) is 6.90. The van der Waals surface area contributed by atoms with Crippen LogP contribution in [0.1, 0.15) is 12.8 Å². The number of nitrogens with one attached hydrogen (secondary N) is 2. The van der Waals surface area contributed by atoms with E-state index in [9.17, 15) is 9.59 Å². The Hall–Kier alpha value is -1.27. The van der Waals surface area contributed by atoms with E-state index in [1.807, 2.05) is 0 Å². The van der Waals surface area contributed by atoms with Gasteiger partial charge in [-0.1, -0.05) is 11.6 Å². The molecule has 0 saturated heterocycles. The van der Waals surface area contributed by atoms with Gasteiger partial charge in [-0.3, -0.25) is 0 Å². The average molecular weight is 348 g/mol. The molecule has 0 heterocycles. The van der Waals surface area contributed by atoms with Crippen molar-refractivity contribution < 1.29 is 14.7 Å². The number of benzene rings is 1. The summed E-state index contributed by atoms with van der Waals surface area (Å²) in [5.74, 6) is -0.969. The van der Waals surface area contributed by atoms with Gasteiger partial charge < -0.3 is 15.7 Å². The fourth-order valence-electron chi connectivity index (χ4n) is 1.69. The highest BCUT2D eigenvalue weighted by Crippen LogP contribution is 2.32. The summed E-state index contributed by atoms with van der Waals surface area (Å²) < 4.78 is 0.724. The topological polar surface area (TPSA) is 78.4 Å². The molecule has 102 valence electrons. The van der Waals surface area contributed by atoms with Crippen molar-refractivity contribution in [2.24, 2.45) is 5.92 Å². The second-order valence-electron chi connectivity index (χ2n) is 4.38. The largest absolute Gasteiger partial charge is 0.480 e. The Morgan fingerprint density at radius 1 is 1.42 bits per heavy atom. The highest BCUT2D eigenvalue weighted by atomic mass is 79.9. The van der Waals surface area contributed by atoms with Gasteiger partial charge in [0.25, 0.3) is 0 Å². The Balaban J connectivity index is 1.96. The van der Waals surface area contributed by atoms with E-state index in [4.69, 9.17) is 16.7 Å². The van der Waals surface area contributed by atoms with Crippen LogP contribution in [-0.2, 0) is 4.79 Å². The van der Waals surface area contributed by atoms with Crippen LogP contribution in [0, 0.1) is 5.92 Å². The van der Waals surface area contributed by atoms with Crippen molar-refractivity contribution >= 4 is 45.2 Å². The molecule has 7 heteroatoms. The van der Waals surface area contributed by atoms with Gasteiger partial charge in [-0.05, 0) is 52.9 Å². The Labute approximate surface area is 123 Å². The predicted molar refractivity (Wildman–Crippen MR) is 75.5 cm³/mol. The third-order valence-corrected chi connectivity index (χ3v) is 4.06. The Morgan fingerprint density at radius 3 is 2.63 bits per heavy atom. The predicted octanol–water partition coefficient (Wildman–Crippen LogP) is 3.09. The molecule has 2 rings (SSSR count). The smallest absolute Gasteiger partial charge is 0.326 e. The van der Waals surface area contributed by atoms with Gasteiger partial charge in [0, 0.05) is 10.2 Å². The minimum Gasteiger partial charge on any atom is -0.480 e. The number of carboxylic acid groups (broad SMARTS) is 1. The van der Waals surface area contributed by atoms with Gasteiger partial charge >= 0.3 is 12.0 Å². The number of carboxylic acids is 1. The SMILES string of the molecule is O=C(Nc1ccc(Br)c(Cl)c1)NC(C(=O)O)C1CC1. The van der Waals surface area contributed by atoms with E-state index < -0.39 is 18.0 Å². The fraction of sp³-hybridized carbons (Fsp3) is 0.333. The lowest BCUT2D eigenvalue weighted by Gasteiger charge is -2.14. The van der Waals surface area contributed by atoms with Crippen LogP contribution in [0.2, 0.25) is 5.02 Å². The van der Waals surface area contributed by atoms with Crippen molar-refractivity contribution in [1.82, 2.24) is 5.32 Å². The zero-order chi connectivity index (χ0) is 14.0. The number of hydrogen-bond donors (Lipinski definition) is 3. The van der Waals surface area contributed by atoms with Crippen molar-refractivity contribution in [3.05, 3.63) is 27.7 Å². The van der Waals surface area contributed by atoms with Crippen LogP contribution in [0.3, 0.4) is 0 Å². The molecule has 5 nitrogen and oxygen atoms in total. The van der Waals surface area contributed by atoms with Crippen LogP contribution in [0.4, 0.5) is 10.5 Å². The van der Waals surface area contributed by atoms with Gasteiger partial charge in [-0.25, -0.2) is 9.59 Å². The molecule has 1 aromatic rings. The molecule has 1 aliphatic carbocycles. The van der Waals surface area contributed by atoms with Gasteiger partial charge in [-0.15, -0.1) is 0 Å². The van der Waals surface area contributed by atoms with Crippen molar-refractivity contribution in [2.75, 3.05) is 5.32 Å². The zero-order valence-corrected chi connectivity index (χ0v) is 12.2. The van der Waals surface area contributed by atoms with Gasteiger partial charge in [0.15, 0.2) is 0 Å². The van der Waals surface area contributed by atoms with E-state index in [0.29, 0.717) is 10.7 Å². The molecule has 0 aliphatic heterocycles. The minimum absolute atomic E-state index is 0.0387. The second kappa shape index (κ2) is 5.79. The van der Waals surface area contributed by atoms with Gasteiger partial charge in [0.2, 0.25) is 0 Å². The molecule has 2 amide bonds. The standard InChI is InChI=1S/C12H12BrClN2O3/c13-8-4-3-7(5-9(8)14)15-12(19)16-10(11(17)18)6-1-2-6/h3-6,10H,1-2H2,(H,17,18)(H2,15,16,19). The van der Waals surface area contributed by atoms with Gasteiger partial charge in [-0.2, -0.15) is 0 Å². The molecule has 1 fully saturated rings. The highest BCUT2D eigenvalue weighted by Gasteiger charge is 2.37. The first kappa shape index (κ1) is 14.1. The quantitative estimate of drug-likeness (QED) is 0.783. The molecule has 1 atom stereocenters. The van der Waals surface area contributed by atoms with E-state index in [1.54, 1.807) is 18.2 Å². The lowest BCUT2D eigenvalue weighted by atomic mass is 10.2. The molecule has 19 heavy (non-hydrogen) atoms. The molecule has 0 aromatic heterocycles. The molecule has 0 spiro atoms. The summed E-state index contributed by atoms with van der Waals surface area (Å²) in [6.07, 6.45) is 1.67. The monoisotopic (exact) mass is 346 g/mol. The number of urea groups is 1. The summed E-state index contributed by atoms with van der Waals surface area (Å²) in [4.78, 5) is 22.7. The zero-order valence-electron chi connectivity index (χ0n) is 9.82. The summed E-state index contributed by atoms with van der Waals surface area (Å²) >= 11 is 9.15. The Bertz CT molecular complexity index is 520. The fourth-order valence-corrected chi connectivity index (χ4v) is 2.12. The van der Waals surface area contributed by atoms with Crippen LogP contribution < -0.4 is 10.6 Å². The first-order valence-electron chi connectivity index (χ1n) is 5.73. The molecule has 1 aromatic carbocycles. The van der Waals surface area contributed by atoms with Crippen molar-refractivity contribution in [3.63, 3.8) is 0 Å². The summed E-state index contributed by atoms with van der Waals surface area (Å²) in [5.41, 5.74) is 0.505. The summed E-state index contributed by atoms with van der Waals surface area (Å²) in [7, 11) is 0. The van der Waals surface area contributed by atoms with Crippen LogP contribution in [-0.4, -0.2) is 23.1 Å². The van der Waals surface area contributed by atoms with E-state index >= 15 is 0 Å². The van der Waals surface area contributed by atoms with Gasteiger partial charge in [0.1, 0.15) is 6.04 Å². The maximum Gasteiger partial charge on any atom is 0.326 e. The minimum atomic E-state index is -1.01. The summed E-state index contributed by atoms with van der Waals surface area (Å²) in [5, 5.41) is 14.5. The Morgan fingerprint density at radius 2 is 2.11 bits per heavy atom. The third kappa shape index (κ3) is 3.84. The van der Waals surface area contributed by atoms with Crippen LogP contribution in [0.15, 0.2) is 22.7 Å². The Kier molecular flexibility index (Phi) is 4.31. The lowest BCUT2D eigenvalue weighted by molar-refractivity contribution is -0.139. The molecule has 1 unspecified atom stereocenters. The molecule has 0 bridgehead atoms. The van der Waals surface area contributed by atoms with E-state index in [0.717, 1.165) is 17.3 Å². The number of amides is 2. The van der Waals surface area contributed by atoms with Crippen LogP contribution in [0.25, 0.3) is 0 Å². The number of aliphatic carboxylic acids is 1. The van der Waals surface area contributed by atoms with Gasteiger partial charge in [0.05, 0.1) is 5.02 Å². The maximum atomic E-state index is 11.7. The molecule has 1 saturated carbocycles. The third-order valence-electron chi connectivity index (χ3n) is 2.82. The number of hydrogen-bond acceptors (Lipinski definition) is 2. The van der Waals surface area contributed by atoms with E-state index in [1.165, 1.54) is 0 Å². The molecule has 0 radical (unpaired) electrons. The number of anilines is 1. The van der Waals surface area contributed by atoms with Crippen molar-refractivity contribution in [3.8, 4) is 0 Å². The van der Waals surface area contributed by atoms with Crippen LogP contribution >= 0.6 is 27.5 Å².